The molecular weight excluding hydrogens is 236 g/mol. The van der Waals surface area contributed by atoms with Crippen molar-refractivity contribution >= 4 is 12.0 Å². The monoisotopic (exact) mass is 258 g/mol. The predicted octanol–water partition coefficient (Wildman–Crippen LogP) is 0.919. The number of hydrogen-bond donors (Lipinski definition) is 2. The summed E-state index contributed by atoms with van der Waals surface area (Å²) in [6.45, 7) is 2.73. The Balaban J connectivity index is 2.05. The van der Waals surface area contributed by atoms with E-state index in [1.54, 1.807) is 7.05 Å². The van der Waals surface area contributed by atoms with Crippen LogP contribution in [0.5, 0.6) is 0 Å². The fourth-order valence-corrected chi connectivity index (χ4v) is 1.90. The van der Waals surface area contributed by atoms with Crippen LogP contribution in [0.15, 0.2) is 0 Å². The van der Waals surface area contributed by atoms with Crippen LogP contribution in [0.2, 0.25) is 0 Å². The summed E-state index contributed by atoms with van der Waals surface area (Å²) in [5.41, 5.74) is 0. The van der Waals surface area contributed by atoms with Gasteiger partial charge in [-0.05, 0) is 25.2 Å². The van der Waals surface area contributed by atoms with E-state index >= 15 is 0 Å². The molecule has 0 aromatic carbocycles. The lowest BCUT2D eigenvalue weighted by atomic mass is 10.1. The molecule has 104 valence electrons. The van der Waals surface area contributed by atoms with Crippen molar-refractivity contribution in [2.24, 2.45) is 5.92 Å². The SMILES string of the molecule is CN(CCCC(=O)O)C(=O)NCCC1CCOC1. The standard InChI is InChI=1S/C12H22N2O4/c1-14(7-2-3-11(15)16)12(17)13-6-4-10-5-8-18-9-10/h10H,2-9H2,1H3,(H,13,17)(H,15,16). The number of amides is 2. The molecule has 0 aromatic heterocycles. The summed E-state index contributed by atoms with van der Waals surface area (Å²) in [6, 6.07) is -0.140. The Bertz CT molecular complexity index is 277. The first-order valence-electron chi connectivity index (χ1n) is 6.38. The molecule has 0 aliphatic carbocycles. The molecule has 0 radical (unpaired) electrons. The number of carboxylic acids is 1. The van der Waals surface area contributed by atoms with E-state index in [9.17, 15) is 9.59 Å². The minimum absolute atomic E-state index is 0.0943. The van der Waals surface area contributed by atoms with Crippen LogP contribution in [0.3, 0.4) is 0 Å². The molecule has 0 spiro atoms. The molecule has 6 heteroatoms. The zero-order chi connectivity index (χ0) is 13.4. The Morgan fingerprint density at radius 3 is 2.89 bits per heavy atom. The number of hydrogen-bond acceptors (Lipinski definition) is 3. The number of urea groups is 1. The highest BCUT2D eigenvalue weighted by Gasteiger charge is 2.16. The van der Waals surface area contributed by atoms with Gasteiger partial charge in [0, 0.05) is 39.8 Å². The van der Waals surface area contributed by atoms with Gasteiger partial charge in [-0.15, -0.1) is 0 Å². The first kappa shape index (κ1) is 14.8. The smallest absolute Gasteiger partial charge is 0.317 e. The van der Waals surface area contributed by atoms with Crippen molar-refractivity contribution in [1.29, 1.82) is 0 Å². The van der Waals surface area contributed by atoms with Gasteiger partial charge < -0.3 is 20.1 Å². The fraction of sp³-hybridized carbons (Fsp3) is 0.833. The zero-order valence-corrected chi connectivity index (χ0v) is 10.9. The van der Waals surface area contributed by atoms with Crippen molar-refractivity contribution in [3.05, 3.63) is 0 Å². The van der Waals surface area contributed by atoms with Gasteiger partial charge in [0.2, 0.25) is 0 Å². The summed E-state index contributed by atoms with van der Waals surface area (Å²) >= 11 is 0. The lowest BCUT2D eigenvalue weighted by molar-refractivity contribution is -0.137. The largest absolute Gasteiger partial charge is 0.481 e. The van der Waals surface area contributed by atoms with Crippen LogP contribution in [-0.2, 0) is 9.53 Å². The third-order valence-corrected chi connectivity index (χ3v) is 3.08. The van der Waals surface area contributed by atoms with Gasteiger partial charge in [0.15, 0.2) is 0 Å². The number of ether oxygens (including phenoxy) is 1. The van der Waals surface area contributed by atoms with Crippen molar-refractivity contribution in [2.75, 3.05) is 33.4 Å². The molecule has 1 saturated heterocycles. The molecular formula is C12H22N2O4. The van der Waals surface area contributed by atoms with Crippen LogP contribution in [0.1, 0.15) is 25.7 Å². The van der Waals surface area contributed by atoms with Crippen LogP contribution in [0, 0.1) is 5.92 Å². The van der Waals surface area contributed by atoms with Crippen LogP contribution in [0.4, 0.5) is 4.79 Å². The topological polar surface area (TPSA) is 78.9 Å². The zero-order valence-electron chi connectivity index (χ0n) is 10.9. The summed E-state index contributed by atoms with van der Waals surface area (Å²) in [4.78, 5) is 23.5. The Morgan fingerprint density at radius 1 is 1.50 bits per heavy atom. The van der Waals surface area contributed by atoms with Crippen molar-refractivity contribution < 1.29 is 19.4 Å². The molecule has 1 aliphatic heterocycles. The third kappa shape index (κ3) is 5.86. The van der Waals surface area contributed by atoms with Gasteiger partial charge in [-0.25, -0.2) is 4.79 Å². The van der Waals surface area contributed by atoms with Gasteiger partial charge in [-0.3, -0.25) is 4.79 Å². The summed E-state index contributed by atoms with van der Waals surface area (Å²) in [7, 11) is 1.68. The maximum atomic E-state index is 11.6. The first-order valence-corrected chi connectivity index (χ1v) is 6.38. The summed E-state index contributed by atoms with van der Waals surface area (Å²) in [5, 5.41) is 11.3. The van der Waals surface area contributed by atoms with Crippen molar-refractivity contribution in [3.8, 4) is 0 Å². The molecule has 2 amide bonds. The fourth-order valence-electron chi connectivity index (χ4n) is 1.90. The predicted molar refractivity (Wildman–Crippen MR) is 66.4 cm³/mol. The van der Waals surface area contributed by atoms with E-state index in [1.165, 1.54) is 4.90 Å². The number of aliphatic carboxylic acids is 1. The van der Waals surface area contributed by atoms with Crippen LogP contribution < -0.4 is 5.32 Å². The second kappa shape index (κ2) is 7.92. The lowest BCUT2D eigenvalue weighted by Crippen LogP contribution is -2.38. The van der Waals surface area contributed by atoms with Crippen LogP contribution in [-0.4, -0.2) is 55.4 Å². The average Bonchev–Trinajstić information content (AvgIpc) is 2.81. The molecule has 18 heavy (non-hydrogen) atoms. The van der Waals surface area contributed by atoms with E-state index in [2.05, 4.69) is 5.32 Å². The molecule has 1 heterocycles. The minimum atomic E-state index is -0.829. The molecule has 1 aliphatic rings. The molecule has 1 atom stereocenters. The maximum absolute atomic E-state index is 11.6. The normalized spacial score (nSPS) is 18.6. The second-order valence-electron chi connectivity index (χ2n) is 4.67. The average molecular weight is 258 g/mol. The van der Waals surface area contributed by atoms with Gasteiger partial charge in [-0.2, -0.15) is 0 Å². The highest BCUT2D eigenvalue weighted by Crippen LogP contribution is 2.15. The van der Waals surface area contributed by atoms with E-state index in [4.69, 9.17) is 9.84 Å². The van der Waals surface area contributed by atoms with E-state index in [0.717, 1.165) is 26.1 Å². The number of nitrogens with one attached hydrogen (secondary N) is 1. The quantitative estimate of drug-likeness (QED) is 0.711. The lowest BCUT2D eigenvalue weighted by Gasteiger charge is -2.18. The number of nitrogens with zero attached hydrogens (tertiary/aromatic N) is 1. The van der Waals surface area contributed by atoms with E-state index in [0.29, 0.717) is 25.4 Å². The Morgan fingerprint density at radius 2 is 2.28 bits per heavy atom. The molecule has 2 N–H and O–H groups in total. The number of carboxylic acid groups (broad SMARTS) is 1. The molecule has 0 aromatic rings. The summed E-state index contributed by atoms with van der Waals surface area (Å²) in [5.74, 6) is -0.271. The molecule has 6 nitrogen and oxygen atoms in total. The van der Waals surface area contributed by atoms with Crippen molar-refractivity contribution in [1.82, 2.24) is 10.2 Å². The van der Waals surface area contributed by atoms with E-state index < -0.39 is 5.97 Å². The molecule has 1 fully saturated rings. The highest BCUT2D eigenvalue weighted by molar-refractivity contribution is 5.73. The highest BCUT2D eigenvalue weighted by atomic mass is 16.5. The van der Waals surface area contributed by atoms with Crippen molar-refractivity contribution in [3.63, 3.8) is 0 Å². The molecule has 0 saturated carbocycles. The van der Waals surface area contributed by atoms with Gasteiger partial charge in [-0.1, -0.05) is 0 Å². The maximum Gasteiger partial charge on any atom is 0.317 e. The number of rotatable bonds is 7. The van der Waals surface area contributed by atoms with E-state index in [-0.39, 0.29) is 12.5 Å². The number of carbonyl (C=O) groups is 2. The van der Waals surface area contributed by atoms with Crippen LogP contribution in [0.25, 0.3) is 0 Å². The van der Waals surface area contributed by atoms with Gasteiger partial charge in [0.25, 0.3) is 0 Å². The summed E-state index contributed by atoms with van der Waals surface area (Å²) < 4.78 is 5.26. The second-order valence-corrected chi connectivity index (χ2v) is 4.67. The van der Waals surface area contributed by atoms with Gasteiger partial charge in [0.05, 0.1) is 0 Å². The Labute approximate surface area is 107 Å². The Kier molecular flexibility index (Phi) is 6.49. The molecule has 1 unspecified atom stereocenters. The Hall–Kier alpha value is -1.30. The molecule has 1 rings (SSSR count). The first-order chi connectivity index (χ1) is 8.59. The van der Waals surface area contributed by atoms with Crippen molar-refractivity contribution in [2.45, 2.75) is 25.7 Å². The third-order valence-electron chi connectivity index (χ3n) is 3.08. The van der Waals surface area contributed by atoms with Gasteiger partial charge >= 0.3 is 12.0 Å². The van der Waals surface area contributed by atoms with E-state index in [1.807, 2.05) is 0 Å². The summed E-state index contributed by atoms with van der Waals surface area (Å²) in [6.07, 6.45) is 2.59. The molecule has 0 bridgehead atoms. The van der Waals surface area contributed by atoms with Gasteiger partial charge in [0.1, 0.15) is 0 Å². The minimum Gasteiger partial charge on any atom is -0.481 e. The number of carbonyl (C=O) groups excluding carboxylic acids is 1. The van der Waals surface area contributed by atoms with Crippen LogP contribution >= 0.6 is 0 Å².